The Labute approximate surface area is 137 Å². The lowest BCUT2D eigenvalue weighted by atomic mass is 10.2. The number of nitro groups is 1. The molecule has 9 heteroatoms. The van der Waals surface area contributed by atoms with Gasteiger partial charge < -0.3 is 14.8 Å². The first-order chi connectivity index (χ1) is 11.5. The van der Waals surface area contributed by atoms with Gasteiger partial charge in [0.2, 0.25) is 5.91 Å². The fourth-order valence-electron chi connectivity index (χ4n) is 2.71. The SMILES string of the molecule is O=C(CN1C(=O)COc2ccc([N+](=O)[O-])cc21)NCC1CCCO1. The number of fused-ring (bicyclic) bond motifs is 1. The van der Waals surface area contributed by atoms with Crippen LogP contribution in [0.1, 0.15) is 12.8 Å². The van der Waals surface area contributed by atoms with Gasteiger partial charge in [0.15, 0.2) is 6.61 Å². The Balaban J connectivity index is 1.70. The highest BCUT2D eigenvalue weighted by molar-refractivity contribution is 6.02. The van der Waals surface area contributed by atoms with Gasteiger partial charge >= 0.3 is 0 Å². The van der Waals surface area contributed by atoms with E-state index in [0.717, 1.165) is 12.8 Å². The highest BCUT2D eigenvalue weighted by Gasteiger charge is 2.29. The zero-order chi connectivity index (χ0) is 17.1. The summed E-state index contributed by atoms with van der Waals surface area (Å²) in [4.78, 5) is 35.7. The molecular formula is C15H17N3O6. The number of carbonyl (C=O) groups excluding carboxylic acids is 2. The van der Waals surface area contributed by atoms with Crippen LogP contribution in [0.4, 0.5) is 11.4 Å². The molecule has 1 atom stereocenters. The van der Waals surface area contributed by atoms with Crippen molar-refractivity contribution < 1.29 is 24.0 Å². The van der Waals surface area contributed by atoms with Crippen LogP contribution in [0.15, 0.2) is 18.2 Å². The largest absolute Gasteiger partial charge is 0.482 e. The molecule has 1 aromatic rings. The molecule has 1 fully saturated rings. The van der Waals surface area contributed by atoms with E-state index in [0.29, 0.717) is 18.9 Å². The Morgan fingerprint density at radius 3 is 3.00 bits per heavy atom. The van der Waals surface area contributed by atoms with E-state index in [1.807, 2.05) is 0 Å². The number of hydrogen-bond donors (Lipinski definition) is 1. The van der Waals surface area contributed by atoms with Crippen molar-refractivity contribution in [3.63, 3.8) is 0 Å². The van der Waals surface area contributed by atoms with Gasteiger partial charge in [-0.25, -0.2) is 0 Å². The molecular weight excluding hydrogens is 318 g/mol. The zero-order valence-corrected chi connectivity index (χ0v) is 12.9. The van der Waals surface area contributed by atoms with Gasteiger partial charge in [-0.3, -0.25) is 24.6 Å². The molecule has 128 valence electrons. The molecule has 24 heavy (non-hydrogen) atoms. The first kappa shape index (κ1) is 16.2. The van der Waals surface area contributed by atoms with E-state index >= 15 is 0 Å². The normalized spacial score (nSPS) is 19.6. The average Bonchev–Trinajstić information content (AvgIpc) is 3.08. The molecule has 2 amide bonds. The minimum Gasteiger partial charge on any atom is -0.482 e. The van der Waals surface area contributed by atoms with Crippen LogP contribution in [0, 0.1) is 10.1 Å². The number of non-ortho nitro benzene ring substituents is 1. The van der Waals surface area contributed by atoms with E-state index in [1.54, 1.807) is 0 Å². The topological polar surface area (TPSA) is 111 Å². The first-order valence-corrected chi connectivity index (χ1v) is 7.64. The number of ether oxygens (including phenoxy) is 2. The summed E-state index contributed by atoms with van der Waals surface area (Å²) in [7, 11) is 0. The number of anilines is 1. The quantitative estimate of drug-likeness (QED) is 0.623. The molecule has 1 N–H and O–H groups in total. The molecule has 0 radical (unpaired) electrons. The summed E-state index contributed by atoms with van der Waals surface area (Å²) >= 11 is 0. The third kappa shape index (κ3) is 3.46. The smallest absolute Gasteiger partial charge is 0.271 e. The minimum absolute atomic E-state index is 0.00251. The molecule has 1 saturated heterocycles. The van der Waals surface area contributed by atoms with Crippen molar-refractivity contribution in [2.75, 3.05) is 31.2 Å². The first-order valence-electron chi connectivity index (χ1n) is 7.64. The van der Waals surface area contributed by atoms with Crippen LogP contribution < -0.4 is 15.0 Å². The van der Waals surface area contributed by atoms with Gasteiger partial charge in [-0.15, -0.1) is 0 Å². The van der Waals surface area contributed by atoms with Gasteiger partial charge in [0.25, 0.3) is 11.6 Å². The molecule has 3 rings (SSSR count). The Kier molecular flexibility index (Phi) is 4.61. The van der Waals surface area contributed by atoms with Crippen molar-refractivity contribution in [1.82, 2.24) is 5.32 Å². The molecule has 0 saturated carbocycles. The predicted molar refractivity (Wildman–Crippen MR) is 82.9 cm³/mol. The number of nitro benzene ring substituents is 1. The molecule has 0 spiro atoms. The van der Waals surface area contributed by atoms with Crippen LogP contribution in [-0.2, 0) is 14.3 Å². The maximum atomic E-state index is 12.1. The monoisotopic (exact) mass is 335 g/mol. The number of carbonyl (C=O) groups is 2. The number of nitrogens with zero attached hydrogens (tertiary/aromatic N) is 2. The van der Waals surface area contributed by atoms with Crippen molar-refractivity contribution in [3.05, 3.63) is 28.3 Å². The maximum Gasteiger partial charge on any atom is 0.271 e. The molecule has 1 aromatic carbocycles. The van der Waals surface area contributed by atoms with Crippen LogP contribution >= 0.6 is 0 Å². The number of benzene rings is 1. The summed E-state index contributed by atoms with van der Waals surface area (Å²) in [6, 6.07) is 3.96. The van der Waals surface area contributed by atoms with Crippen LogP contribution in [0.5, 0.6) is 5.75 Å². The van der Waals surface area contributed by atoms with E-state index < -0.39 is 10.8 Å². The zero-order valence-electron chi connectivity index (χ0n) is 12.9. The second-order valence-electron chi connectivity index (χ2n) is 5.62. The van der Waals surface area contributed by atoms with Crippen molar-refractivity contribution in [3.8, 4) is 5.75 Å². The molecule has 0 bridgehead atoms. The van der Waals surface area contributed by atoms with E-state index in [4.69, 9.17) is 9.47 Å². The highest BCUT2D eigenvalue weighted by atomic mass is 16.6. The lowest BCUT2D eigenvalue weighted by Gasteiger charge is -2.28. The van der Waals surface area contributed by atoms with Crippen molar-refractivity contribution in [1.29, 1.82) is 0 Å². The van der Waals surface area contributed by atoms with E-state index in [9.17, 15) is 19.7 Å². The second-order valence-corrected chi connectivity index (χ2v) is 5.62. The summed E-state index contributed by atoms with van der Waals surface area (Å²) in [6.45, 7) is 0.658. The summed E-state index contributed by atoms with van der Waals surface area (Å²) in [6.07, 6.45) is 1.87. The van der Waals surface area contributed by atoms with Gasteiger partial charge in [-0.05, 0) is 18.9 Å². The molecule has 9 nitrogen and oxygen atoms in total. The average molecular weight is 335 g/mol. The van der Waals surface area contributed by atoms with Gasteiger partial charge in [-0.2, -0.15) is 0 Å². The number of nitrogens with one attached hydrogen (secondary N) is 1. The standard InChI is InChI=1S/C15H17N3O6/c19-14(16-7-11-2-1-5-23-11)8-17-12-6-10(18(21)22)3-4-13(12)24-9-15(17)20/h3-4,6,11H,1-2,5,7-9H2,(H,16,19). The lowest BCUT2D eigenvalue weighted by Crippen LogP contribution is -2.46. The van der Waals surface area contributed by atoms with Gasteiger partial charge in [-0.1, -0.05) is 0 Å². The number of rotatable bonds is 5. The fraction of sp³-hybridized carbons (Fsp3) is 0.467. The second kappa shape index (κ2) is 6.83. The molecule has 2 aliphatic rings. The molecule has 2 aliphatic heterocycles. The third-order valence-electron chi connectivity index (χ3n) is 3.95. The van der Waals surface area contributed by atoms with Crippen LogP contribution in [0.2, 0.25) is 0 Å². The van der Waals surface area contributed by atoms with Crippen molar-refractivity contribution in [2.45, 2.75) is 18.9 Å². The van der Waals surface area contributed by atoms with Gasteiger partial charge in [0.05, 0.1) is 16.7 Å². The van der Waals surface area contributed by atoms with Crippen LogP contribution in [0.3, 0.4) is 0 Å². The van der Waals surface area contributed by atoms with E-state index in [-0.39, 0.29) is 36.5 Å². The molecule has 2 heterocycles. The van der Waals surface area contributed by atoms with E-state index in [1.165, 1.54) is 23.1 Å². The molecule has 1 unspecified atom stereocenters. The Morgan fingerprint density at radius 1 is 1.46 bits per heavy atom. The summed E-state index contributed by atoms with van der Waals surface area (Å²) in [5, 5.41) is 13.6. The minimum atomic E-state index is -0.560. The summed E-state index contributed by atoms with van der Waals surface area (Å²) in [5.41, 5.74) is 0.0598. The summed E-state index contributed by atoms with van der Waals surface area (Å²) < 4.78 is 10.7. The lowest BCUT2D eigenvalue weighted by molar-refractivity contribution is -0.384. The Bertz CT molecular complexity index is 671. The molecule has 0 aliphatic carbocycles. The summed E-state index contributed by atoms with van der Waals surface area (Å²) in [5.74, 6) is -0.430. The van der Waals surface area contributed by atoms with E-state index in [2.05, 4.69) is 5.32 Å². The number of hydrogen-bond acceptors (Lipinski definition) is 6. The highest BCUT2D eigenvalue weighted by Crippen LogP contribution is 2.35. The Morgan fingerprint density at radius 2 is 2.29 bits per heavy atom. The van der Waals surface area contributed by atoms with Crippen molar-refractivity contribution in [2.24, 2.45) is 0 Å². The third-order valence-corrected chi connectivity index (χ3v) is 3.95. The predicted octanol–water partition coefficient (Wildman–Crippen LogP) is 0.615. The van der Waals surface area contributed by atoms with Crippen LogP contribution in [0.25, 0.3) is 0 Å². The van der Waals surface area contributed by atoms with Gasteiger partial charge in [0.1, 0.15) is 12.3 Å². The maximum absolute atomic E-state index is 12.1. The van der Waals surface area contributed by atoms with Gasteiger partial charge in [0, 0.05) is 25.3 Å². The molecule has 0 aromatic heterocycles. The fourth-order valence-corrected chi connectivity index (χ4v) is 2.71. The van der Waals surface area contributed by atoms with Crippen molar-refractivity contribution >= 4 is 23.2 Å². The van der Waals surface area contributed by atoms with Crippen LogP contribution in [-0.4, -0.2) is 49.1 Å². The number of amides is 2. The Hall–Kier alpha value is -2.68.